The molecule has 0 unspecified atom stereocenters. The van der Waals surface area contributed by atoms with Crippen molar-refractivity contribution in [1.29, 1.82) is 0 Å². The van der Waals surface area contributed by atoms with Crippen molar-refractivity contribution in [2.75, 3.05) is 0 Å². The molecular formula is C9H15Cl2Pd. The first-order chi connectivity index (χ1) is 5.48. The second-order valence-corrected chi connectivity index (χ2v) is 18.2. The van der Waals surface area contributed by atoms with E-state index < -0.39 is 12.3 Å². The van der Waals surface area contributed by atoms with Crippen molar-refractivity contribution in [3.8, 4) is 0 Å². The molecule has 0 aromatic carbocycles. The predicted octanol–water partition coefficient (Wildman–Crippen LogP) is 4.63. The number of halogens is 2. The zero-order valence-corrected chi connectivity index (χ0v) is 10.1. The van der Waals surface area contributed by atoms with Crippen LogP contribution in [0.2, 0.25) is 14.7 Å². The summed E-state index contributed by atoms with van der Waals surface area (Å²) in [6.07, 6.45) is 4.87. The molecule has 1 rings (SSSR count). The van der Waals surface area contributed by atoms with Crippen molar-refractivity contribution in [2.45, 2.75) is 21.1 Å². The van der Waals surface area contributed by atoms with Crippen LogP contribution in [0.5, 0.6) is 0 Å². The molecular weight excluding hydrogens is 285 g/mol. The van der Waals surface area contributed by atoms with Gasteiger partial charge >= 0.3 is 83.7 Å². The molecule has 1 heterocycles. The minimum absolute atomic E-state index is 0.690. The Kier molecular flexibility index (Phi) is 3.12. The fraction of sp³-hybridized carbons (Fsp3) is 0.556. The monoisotopic (exact) mass is 299 g/mol. The minimum atomic E-state index is -2.61. The maximum absolute atomic E-state index is 6.42. The first-order valence-electron chi connectivity index (χ1n) is 3.77. The normalized spacial score (nSPS) is 33.8. The zero-order valence-electron chi connectivity index (χ0n) is 7.05. The molecule has 0 atom stereocenters. The third-order valence-corrected chi connectivity index (χ3v) is 11.6. The molecule has 0 bridgehead atoms. The average Bonchev–Trinajstić information content (AvgIpc) is 1.84. The van der Waals surface area contributed by atoms with Crippen molar-refractivity contribution in [3.63, 3.8) is 0 Å². The van der Waals surface area contributed by atoms with E-state index in [0.29, 0.717) is 5.92 Å². The summed E-state index contributed by atoms with van der Waals surface area (Å²) in [4.78, 5) is 2.89. The third-order valence-electron chi connectivity index (χ3n) is 1.80. The Bertz CT molecular complexity index is 201. The summed E-state index contributed by atoms with van der Waals surface area (Å²) in [5, 5.41) is 0. The van der Waals surface area contributed by atoms with E-state index in [2.05, 4.69) is 13.2 Å². The molecule has 0 amide bonds. The summed E-state index contributed by atoms with van der Waals surface area (Å²) < 4.78 is 0. The molecule has 0 nitrogen and oxygen atoms in total. The Hall–Kier alpha value is 0.722. The van der Waals surface area contributed by atoms with Gasteiger partial charge in [0.05, 0.1) is 0 Å². The van der Waals surface area contributed by atoms with Crippen molar-refractivity contribution in [2.24, 2.45) is 5.92 Å². The van der Waals surface area contributed by atoms with Crippen LogP contribution in [0.1, 0.15) is 6.42 Å². The van der Waals surface area contributed by atoms with Gasteiger partial charge in [-0.25, -0.2) is 0 Å². The zero-order chi connectivity index (χ0) is 9.27. The first kappa shape index (κ1) is 10.8. The Morgan fingerprint density at radius 1 is 1.25 bits per heavy atom. The molecule has 0 aromatic rings. The molecule has 1 saturated heterocycles. The van der Waals surface area contributed by atoms with Gasteiger partial charge in [-0.2, -0.15) is 0 Å². The molecule has 0 spiro atoms. The quantitative estimate of drug-likeness (QED) is 0.524. The summed E-state index contributed by atoms with van der Waals surface area (Å²) in [5.41, 5.74) is 0. The van der Waals surface area contributed by atoms with E-state index in [1.807, 2.05) is 12.2 Å². The number of hydrogen-bond donors (Lipinski definition) is 0. The van der Waals surface area contributed by atoms with Gasteiger partial charge in [0.2, 0.25) is 0 Å². The van der Waals surface area contributed by atoms with Gasteiger partial charge in [0.1, 0.15) is 0 Å². The fourth-order valence-electron chi connectivity index (χ4n) is 1.40. The summed E-state index contributed by atoms with van der Waals surface area (Å²) in [6, 6.07) is 0. The van der Waals surface area contributed by atoms with Gasteiger partial charge in [-0.05, 0) is 0 Å². The van der Waals surface area contributed by atoms with E-state index >= 15 is 0 Å². The van der Waals surface area contributed by atoms with Crippen LogP contribution < -0.4 is 0 Å². The number of hydrogen-bond acceptors (Lipinski definition) is 0. The van der Waals surface area contributed by atoms with Gasteiger partial charge < -0.3 is 0 Å². The molecule has 0 aliphatic carbocycles. The molecule has 1 fully saturated rings. The van der Waals surface area contributed by atoms with Crippen LogP contribution >= 0.6 is 19.1 Å². The second-order valence-electron chi connectivity index (χ2n) is 3.09. The molecule has 1 aliphatic heterocycles. The summed E-state index contributed by atoms with van der Waals surface area (Å²) >= 11 is -2.61. The molecule has 0 radical (unpaired) electrons. The molecule has 0 aromatic heterocycles. The number of allylic oxidation sites excluding steroid dienone is 2. The maximum atomic E-state index is 6.42. The summed E-state index contributed by atoms with van der Waals surface area (Å²) in [7, 11) is 12.8. The van der Waals surface area contributed by atoms with Crippen LogP contribution in [0.4, 0.5) is 0 Å². The Morgan fingerprint density at radius 2 is 1.83 bits per heavy atom. The third kappa shape index (κ3) is 2.36. The first-order valence-corrected chi connectivity index (χ1v) is 11.1. The van der Waals surface area contributed by atoms with Gasteiger partial charge in [0.15, 0.2) is 0 Å². The van der Waals surface area contributed by atoms with E-state index in [0.717, 1.165) is 21.1 Å². The molecule has 75 valence electrons. The van der Waals surface area contributed by atoms with Gasteiger partial charge in [-0.15, -0.1) is 0 Å². The summed E-state index contributed by atoms with van der Waals surface area (Å²) in [6.45, 7) is 7.41. The van der Waals surface area contributed by atoms with Crippen LogP contribution in [-0.4, -0.2) is 0 Å². The van der Waals surface area contributed by atoms with Gasteiger partial charge in [-0.1, -0.05) is 0 Å². The molecule has 1 aliphatic rings. The van der Waals surface area contributed by atoms with Crippen molar-refractivity contribution >= 4 is 19.1 Å². The average molecular weight is 301 g/mol. The number of rotatable bonds is 4. The second kappa shape index (κ2) is 3.46. The van der Waals surface area contributed by atoms with E-state index in [-0.39, 0.29) is 0 Å². The SMILES string of the molecule is C=CCC1[CH2][Pd]([Cl])([Cl])([CH2]C=C)[CH2]1. The molecule has 3 heteroatoms. The Balaban J connectivity index is 2.47. The van der Waals surface area contributed by atoms with E-state index in [1.54, 1.807) is 0 Å². The Morgan fingerprint density at radius 3 is 2.25 bits per heavy atom. The van der Waals surface area contributed by atoms with Crippen LogP contribution in [0.15, 0.2) is 25.3 Å². The fourth-order valence-corrected chi connectivity index (χ4v) is 11.2. The molecule has 0 saturated carbocycles. The van der Waals surface area contributed by atoms with Crippen molar-refractivity contribution < 1.29 is 12.3 Å². The van der Waals surface area contributed by atoms with Gasteiger partial charge in [-0.3, -0.25) is 0 Å². The van der Waals surface area contributed by atoms with Gasteiger partial charge in [0.25, 0.3) is 0 Å². The topological polar surface area (TPSA) is 0 Å². The standard InChI is InChI=1S/C6H10.C3H5.2ClH.Pd/c1-4-5-6(2)3;1-3-2;;;/h4,6H,1-3,5H2;3H,1-2H2;2*1H;/q;;;;+2/p-2. The van der Waals surface area contributed by atoms with E-state index in [9.17, 15) is 0 Å². The van der Waals surface area contributed by atoms with Crippen LogP contribution in [0, 0.1) is 5.92 Å². The van der Waals surface area contributed by atoms with E-state index in [4.69, 9.17) is 19.1 Å². The summed E-state index contributed by atoms with van der Waals surface area (Å²) in [5.74, 6) is 0.690. The van der Waals surface area contributed by atoms with E-state index in [1.165, 1.54) is 0 Å². The Labute approximate surface area is 83.4 Å². The predicted molar refractivity (Wildman–Crippen MR) is 54.6 cm³/mol. The van der Waals surface area contributed by atoms with Gasteiger partial charge in [0, 0.05) is 0 Å². The molecule has 12 heavy (non-hydrogen) atoms. The van der Waals surface area contributed by atoms with Crippen LogP contribution in [0.3, 0.4) is 0 Å². The molecule has 0 N–H and O–H groups in total. The van der Waals surface area contributed by atoms with Crippen molar-refractivity contribution in [3.05, 3.63) is 25.3 Å². The van der Waals surface area contributed by atoms with Crippen LogP contribution in [-0.2, 0) is 12.3 Å². The van der Waals surface area contributed by atoms with Crippen LogP contribution in [0.25, 0.3) is 0 Å². The van der Waals surface area contributed by atoms with Crippen molar-refractivity contribution in [1.82, 2.24) is 0 Å².